The van der Waals surface area contributed by atoms with E-state index < -0.39 is 0 Å². The van der Waals surface area contributed by atoms with Gasteiger partial charge in [0.05, 0.1) is 11.7 Å². The molecule has 2 aromatic rings. The van der Waals surface area contributed by atoms with E-state index in [2.05, 4.69) is 31.1 Å². The minimum Gasteiger partial charge on any atom is -0.432 e. The van der Waals surface area contributed by atoms with Crippen LogP contribution in [0.25, 0.3) is 0 Å². The summed E-state index contributed by atoms with van der Waals surface area (Å²) in [6.07, 6.45) is 1.70. The van der Waals surface area contributed by atoms with Crippen molar-refractivity contribution in [2.45, 2.75) is 39.4 Å². The van der Waals surface area contributed by atoms with Crippen LogP contribution in [-0.2, 0) is 6.54 Å². The van der Waals surface area contributed by atoms with Crippen LogP contribution in [0.1, 0.15) is 38.1 Å². The zero-order chi connectivity index (χ0) is 15.4. The second-order valence-electron chi connectivity index (χ2n) is 5.50. The highest BCUT2D eigenvalue weighted by Gasteiger charge is 2.17. The first-order chi connectivity index (χ1) is 9.97. The lowest BCUT2D eigenvalue weighted by atomic mass is 10.1. The van der Waals surface area contributed by atoms with Crippen LogP contribution in [0.4, 0.5) is 6.01 Å². The highest BCUT2D eigenvalue weighted by atomic mass is 35.5. The maximum atomic E-state index is 5.93. The molecule has 0 bridgehead atoms. The van der Waals surface area contributed by atoms with Crippen LogP contribution in [0, 0.1) is 0 Å². The molecule has 1 unspecified atom stereocenters. The predicted molar refractivity (Wildman–Crippen MR) is 86.7 cm³/mol. The second kappa shape index (κ2) is 6.96. The fourth-order valence-electron chi connectivity index (χ4n) is 1.98. The standard InChI is InChI=1S/C16H22ClN3O/c1-11(2)18-9-15-10-21-16(19-15)20(4)12(3)13-5-7-14(17)8-6-13/h5-8,10-12,18H,9H2,1-4H3. The minimum atomic E-state index is 0.159. The van der Waals surface area contributed by atoms with Gasteiger partial charge in [-0.15, -0.1) is 0 Å². The molecule has 0 amide bonds. The Bertz CT molecular complexity index is 565. The average Bonchev–Trinajstić information content (AvgIpc) is 2.93. The first-order valence-electron chi connectivity index (χ1n) is 7.13. The van der Waals surface area contributed by atoms with Gasteiger partial charge in [-0.25, -0.2) is 0 Å². The lowest BCUT2D eigenvalue weighted by molar-refractivity contribution is 0.524. The number of rotatable bonds is 6. The molecule has 0 saturated carbocycles. The molecule has 4 nitrogen and oxygen atoms in total. The third-order valence-electron chi connectivity index (χ3n) is 3.47. The molecule has 1 aromatic heterocycles. The van der Waals surface area contributed by atoms with Crippen molar-refractivity contribution >= 4 is 17.6 Å². The van der Waals surface area contributed by atoms with E-state index >= 15 is 0 Å². The average molecular weight is 308 g/mol. The molecule has 1 atom stereocenters. The van der Waals surface area contributed by atoms with Gasteiger partial charge in [0.1, 0.15) is 6.26 Å². The van der Waals surface area contributed by atoms with E-state index in [0.29, 0.717) is 18.6 Å². The highest BCUT2D eigenvalue weighted by Crippen LogP contribution is 2.25. The number of nitrogens with zero attached hydrogens (tertiary/aromatic N) is 2. The normalized spacial score (nSPS) is 12.7. The SMILES string of the molecule is CC(C)NCc1coc(N(C)C(C)c2ccc(Cl)cc2)n1. The van der Waals surface area contributed by atoms with Gasteiger partial charge in [0, 0.05) is 24.7 Å². The number of hydrogen-bond acceptors (Lipinski definition) is 4. The molecule has 1 N–H and O–H groups in total. The van der Waals surface area contributed by atoms with Gasteiger partial charge < -0.3 is 14.6 Å². The summed E-state index contributed by atoms with van der Waals surface area (Å²) in [4.78, 5) is 6.53. The van der Waals surface area contributed by atoms with E-state index in [1.165, 1.54) is 5.56 Å². The Balaban J connectivity index is 2.05. The summed E-state index contributed by atoms with van der Waals surface area (Å²) in [5, 5.41) is 4.07. The molecule has 1 aromatic carbocycles. The summed E-state index contributed by atoms with van der Waals surface area (Å²) < 4.78 is 5.57. The van der Waals surface area contributed by atoms with Crippen molar-refractivity contribution in [3.05, 3.63) is 46.8 Å². The van der Waals surface area contributed by atoms with Crippen LogP contribution in [0.15, 0.2) is 34.9 Å². The van der Waals surface area contributed by atoms with Crippen molar-refractivity contribution < 1.29 is 4.42 Å². The second-order valence-corrected chi connectivity index (χ2v) is 5.93. The van der Waals surface area contributed by atoms with E-state index in [-0.39, 0.29) is 6.04 Å². The summed E-state index contributed by atoms with van der Waals surface area (Å²) in [5.41, 5.74) is 2.08. The Morgan fingerprint density at radius 2 is 1.90 bits per heavy atom. The van der Waals surface area contributed by atoms with Crippen molar-refractivity contribution in [3.63, 3.8) is 0 Å². The van der Waals surface area contributed by atoms with Crippen LogP contribution in [0.3, 0.4) is 0 Å². The van der Waals surface area contributed by atoms with Gasteiger partial charge in [0.25, 0.3) is 6.01 Å². The zero-order valence-corrected chi connectivity index (χ0v) is 13.7. The molecule has 2 rings (SSSR count). The molecular formula is C16H22ClN3O. The van der Waals surface area contributed by atoms with Crippen molar-refractivity contribution in [2.75, 3.05) is 11.9 Å². The number of aromatic nitrogens is 1. The number of anilines is 1. The molecule has 0 radical (unpaired) electrons. The molecular weight excluding hydrogens is 286 g/mol. The maximum Gasteiger partial charge on any atom is 0.297 e. The Hall–Kier alpha value is -1.52. The molecule has 0 fully saturated rings. The Morgan fingerprint density at radius 1 is 1.24 bits per heavy atom. The first kappa shape index (κ1) is 15.9. The molecule has 1 heterocycles. The van der Waals surface area contributed by atoms with E-state index in [4.69, 9.17) is 16.0 Å². The topological polar surface area (TPSA) is 41.3 Å². The Morgan fingerprint density at radius 3 is 2.52 bits per heavy atom. The van der Waals surface area contributed by atoms with Crippen LogP contribution < -0.4 is 10.2 Å². The quantitative estimate of drug-likeness (QED) is 0.875. The maximum absolute atomic E-state index is 5.93. The van der Waals surface area contributed by atoms with Gasteiger partial charge >= 0.3 is 0 Å². The van der Waals surface area contributed by atoms with E-state index in [0.717, 1.165) is 10.7 Å². The number of nitrogens with one attached hydrogen (secondary N) is 1. The van der Waals surface area contributed by atoms with Gasteiger partial charge in [0.2, 0.25) is 0 Å². The summed E-state index contributed by atoms with van der Waals surface area (Å²) >= 11 is 5.93. The van der Waals surface area contributed by atoms with E-state index in [1.54, 1.807) is 6.26 Å². The first-order valence-corrected chi connectivity index (χ1v) is 7.51. The lowest BCUT2D eigenvalue weighted by Crippen LogP contribution is -2.23. The zero-order valence-electron chi connectivity index (χ0n) is 12.9. The van der Waals surface area contributed by atoms with E-state index in [9.17, 15) is 0 Å². The van der Waals surface area contributed by atoms with Gasteiger partial charge in [-0.05, 0) is 24.6 Å². The number of benzene rings is 1. The van der Waals surface area contributed by atoms with Crippen LogP contribution in [0.2, 0.25) is 5.02 Å². The number of halogens is 1. The van der Waals surface area contributed by atoms with Gasteiger partial charge in [0.15, 0.2) is 0 Å². The molecule has 21 heavy (non-hydrogen) atoms. The number of hydrogen-bond donors (Lipinski definition) is 1. The van der Waals surface area contributed by atoms with Gasteiger partial charge in [-0.2, -0.15) is 4.98 Å². The molecule has 114 valence electrons. The Labute approximate surface area is 131 Å². The van der Waals surface area contributed by atoms with E-state index in [1.807, 2.05) is 36.2 Å². The molecule has 0 aliphatic carbocycles. The summed E-state index contributed by atoms with van der Waals surface area (Å²) in [7, 11) is 1.98. The van der Waals surface area contributed by atoms with Gasteiger partial charge in [-0.3, -0.25) is 0 Å². The van der Waals surface area contributed by atoms with Crippen molar-refractivity contribution in [1.29, 1.82) is 0 Å². The number of oxazole rings is 1. The highest BCUT2D eigenvalue weighted by molar-refractivity contribution is 6.30. The molecule has 0 spiro atoms. The van der Waals surface area contributed by atoms with Crippen LogP contribution >= 0.6 is 11.6 Å². The third-order valence-corrected chi connectivity index (χ3v) is 3.72. The molecule has 0 aliphatic rings. The lowest BCUT2D eigenvalue weighted by Gasteiger charge is -2.23. The molecule has 5 heteroatoms. The Kier molecular flexibility index (Phi) is 5.26. The fraction of sp³-hybridized carbons (Fsp3) is 0.438. The van der Waals surface area contributed by atoms with Gasteiger partial charge in [-0.1, -0.05) is 37.6 Å². The predicted octanol–water partition coefficient (Wildman–Crippen LogP) is 4.02. The molecule has 0 aliphatic heterocycles. The van der Waals surface area contributed by atoms with Crippen LogP contribution in [0.5, 0.6) is 0 Å². The monoisotopic (exact) mass is 307 g/mol. The van der Waals surface area contributed by atoms with Crippen molar-refractivity contribution in [1.82, 2.24) is 10.3 Å². The van der Waals surface area contributed by atoms with Crippen molar-refractivity contribution in [2.24, 2.45) is 0 Å². The molecule has 0 saturated heterocycles. The summed E-state index contributed by atoms with van der Waals surface area (Å²) in [6.45, 7) is 7.04. The summed E-state index contributed by atoms with van der Waals surface area (Å²) in [5.74, 6) is 0. The smallest absolute Gasteiger partial charge is 0.297 e. The fourth-order valence-corrected chi connectivity index (χ4v) is 2.10. The third kappa shape index (κ3) is 4.22. The van der Waals surface area contributed by atoms with Crippen molar-refractivity contribution in [3.8, 4) is 0 Å². The largest absolute Gasteiger partial charge is 0.432 e. The minimum absolute atomic E-state index is 0.159. The summed E-state index contributed by atoms with van der Waals surface area (Å²) in [6, 6.07) is 9.05. The van der Waals surface area contributed by atoms with Crippen LogP contribution in [-0.4, -0.2) is 18.1 Å².